The first-order valence-electron chi connectivity index (χ1n) is 9.75. The van der Waals surface area contributed by atoms with E-state index in [1.165, 1.54) is 17.4 Å². The van der Waals surface area contributed by atoms with E-state index in [-0.39, 0.29) is 5.91 Å². The average molecular weight is 400 g/mol. The van der Waals surface area contributed by atoms with Crippen LogP contribution in [0.15, 0.2) is 39.9 Å². The minimum absolute atomic E-state index is 0.233. The average Bonchev–Trinajstić information content (AvgIpc) is 3.29. The summed E-state index contributed by atoms with van der Waals surface area (Å²) in [6, 6.07) is 7.42. The van der Waals surface area contributed by atoms with Crippen molar-refractivity contribution in [2.45, 2.75) is 19.9 Å². The van der Waals surface area contributed by atoms with E-state index in [2.05, 4.69) is 26.6 Å². The maximum atomic E-state index is 11.9. The van der Waals surface area contributed by atoms with E-state index in [9.17, 15) is 4.79 Å². The number of furan rings is 1. The SMILES string of the molecule is CCNC(=NCCNC(=O)c1ccco1)N1CCc2cc(OC)c(OC)cc2C1. The fraction of sp³-hybridized carbons (Fsp3) is 0.429. The van der Waals surface area contributed by atoms with E-state index in [0.717, 1.165) is 43.5 Å². The van der Waals surface area contributed by atoms with E-state index in [4.69, 9.17) is 13.9 Å². The summed E-state index contributed by atoms with van der Waals surface area (Å²) in [4.78, 5) is 18.8. The molecule has 1 aromatic heterocycles. The fourth-order valence-electron chi connectivity index (χ4n) is 3.32. The molecule has 2 N–H and O–H groups in total. The van der Waals surface area contributed by atoms with Gasteiger partial charge in [-0.25, -0.2) is 0 Å². The van der Waals surface area contributed by atoms with Crippen molar-refractivity contribution >= 4 is 11.9 Å². The van der Waals surface area contributed by atoms with E-state index in [1.54, 1.807) is 26.4 Å². The van der Waals surface area contributed by atoms with E-state index in [0.29, 0.717) is 18.8 Å². The first-order valence-corrected chi connectivity index (χ1v) is 9.75. The lowest BCUT2D eigenvalue weighted by Crippen LogP contribution is -2.44. The Labute approximate surface area is 170 Å². The third-order valence-electron chi connectivity index (χ3n) is 4.76. The number of guanidine groups is 1. The van der Waals surface area contributed by atoms with Crippen LogP contribution in [-0.4, -0.2) is 57.2 Å². The zero-order valence-corrected chi connectivity index (χ0v) is 17.2. The zero-order valence-electron chi connectivity index (χ0n) is 17.2. The van der Waals surface area contributed by atoms with Crippen LogP contribution in [0.5, 0.6) is 11.5 Å². The topological polar surface area (TPSA) is 88.3 Å². The molecule has 29 heavy (non-hydrogen) atoms. The van der Waals surface area contributed by atoms with Crippen LogP contribution >= 0.6 is 0 Å². The quantitative estimate of drug-likeness (QED) is 0.420. The molecule has 8 nitrogen and oxygen atoms in total. The highest BCUT2D eigenvalue weighted by Gasteiger charge is 2.21. The Bertz CT molecular complexity index is 849. The van der Waals surface area contributed by atoms with Crippen molar-refractivity contribution in [3.8, 4) is 11.5 Å². The van der Waals surface area contributed by atoms with Gasteiger partial charge in [0.2, 0.25) is 0 Å². The van der Waals surface area contributed by atoms with Crippen molar-refractivity contribution in [1.29, 1.82) is 0 Å². The van der Waals surface area contributed by atoms with Crippen molar-refractivity contribution in [3.05, 3.63) is 47.4 Å². The molecule has 0 fully saturated rings. The summed E-state index contributed by atoms with van der Waals surface area (Å²) >= 11 is 0. The first-order chi connectivity index (χ1) is 14.2. The van der Waals surface area contributed by atoms with Gasteiger partial charge < -0.3 is 29.4 Å². The molecular weight excluding hydrogens is 372 g/mol. The molecule has 0 radical (unpaired) electrons. The fourth-order valence-corrected chi connectivity index (χ4v) is 3.32. The van der Waals surface area contributed by atoms with Crippen molar-refractivity contribution in [3.63, 3.8) is 0 Å². The Kier molecular flexibility index (Phi) is 6.99. The number of aliphatic imine (C=N–C) groups is 1. The summed E-state index contributed by atoms with van der Waals surface area (Å²) in [6.45, 7) is 5.31. The van der Waals surface area contributed by atoms with Gasteiger partial charge >= 0.3 is 0 Å². The van der Waals surface area contributed by atoms with Crippen LogP contribution in [0.1, 0.15) is 28.6 Å². The van der Waals surface area contributed by atoms with E-state index < -0.39 is 0 Å². The normalized spacial score (nSPS) is 13.6. The van der Waals surface area contributed by atoms with Crippen LogP contribution in [0, 0.1) is 0 Å². The summed E-state index contributed by atoms with van der Waals surface area (Å²) in [5.74, 6) is 2.39. The molecule has 0 bridgehead atoms. The lowest BCUT2D eigenvalue weighted by molar-refractivity contribution is 0.0927. The lowest BCUT2D eigenvalue weighted by Gasteiger charge is -2.32. The zero-order chi connectivity index (χ0) is 20.6. The molecule has 0 aliphatic carbocycles. The highest BCUT2D eigenvalue weighted by Crippen LogP contribution is 2.33. The number of hydrogen-bond acceptors (Lipinski definition) is 5. The number of carbonyl (C=O) groups excluding carboxylic acids is 1. The number of rotatable bonds is 7. The maximum Gasteiger partial charge on any atom is 0.287 e. The van der Waals surface area contributed by atoms with Crippen molar-refractivity contribution in [1.82, 2.24) is 15.5 Å². The van der Waals surface area contributed by atoms with E-state index >= 15 is 0 Å². The van der Waals surface area contributed by atoms with Crippen LogP contribution in [0.25, 0.3) is 0 Å². The molecule has 0 unspecified atom stereocenters. The number of nitrogens with one attached hydrogen (secondary N) is 2. The smallest absolute Gasteiger partial charge is 0.287 e. The number of benzene rings is 1. The van der Waals surface area contributed by atoms with Gasteiger partial charge in [0.1, 0.15) is 0 Å². The van der Waals surface area contributed by atoms with Crippen molar-refractivity contribution < 1.29 is 18.7 Å². The van der Waals surface area contributed by atoms with Gasteiger partial charge in [-0.15, -0.1) is 0 Å². The minimum atomic E-state index is -0.233. The Morgan fingerprint density at radius 2 is 1.97 bits per heavy atom. The van der Waals surface area contributed by atoms with Crippen LogP contribution in [0.3, 0.4) is 0 Å². The van der Waals surface area contributed by atoms with Crippen molar-refractivity contribution in [2.24, 2.45) is 4.99 Å². The molecule has 1 aliphatic heterocycles. The number of fused-ring (bicyclic) bond motifs is 1. The molecule has 0 saturated heterocycles. The third-order valence-corrected chi connectivity index (χ3v) is 4.76. The highest BCUT2D eigenvalue weighted by molar-refractivity contribution is 5.91. The third kappa shape index (κ3) is 5.01. The Morgan fingerprint density at radius 1 is 1.21 bits per heavy atom. The molecule has 2 aromatic rings. The monoisotopic (exact) mass is 400 g/mol. The molecule has 0 spiro atoms. The van der Waals surface area contributed by atoms with Crippen molar-refractivity contribution in [2.75, 3.05) is 40.4 Å². The van der Waals surface area contributed by atoms with Gasteiger partial charge in [-0.3, -0.25) is 9.79 Å². The second kappa shape index (κ2) is 9.86. The molecule has 0 atom stereocenters. The predicted octanol–water partition coefficient (Wildman–Crippen LogP) is 2.05. The molecular formula is C21H28N4O4. The largest absolute Gasteiger partial charge is 0.493 e. The Hall–Kier alpha value is -3.16. The summed E-state index contributed by atoms with van der Waals surface area (Å²) in [6.07, 6.45) is 2.38. The minimum Gasteiger partial charge on any atom is -0.493 e. The molecule has 8 heteroatoms. The first kappa shape index (κ1) is 20.6. The van der Waals surface area contributed by atoms with Gasteiger partial charge in [0.15, 0.2) is 23.2 Å². The number of nitrogens with zero attached hydrogens (tertiary/aromatic N) is 2. The van der Waals surface area contributed by atoms with Crippen LogP contribution < -0.4 is 20.1 Å². The van der Waals surface area contributed by atoms with Gasteiger partial charge in [0.05, 0.1) is 27.0 Å². The van der Waals surface area contributed by atoms with Crippen LogP contribution in [0.4, 0.5) is 0 Å². The second-order valence-electron chi connectivity index (χ2n) is 6.62. The van der Waals surface area contributed by atoms with Gasteiger partial charge in [-0.1, -0.05) is 0 Å². The van der Waals surface area contributed by atoms with Gasteiger partial charge in [-0.05, 0) is 48.7 Å². The molecule has 3 rings (SSSR count). The number of ether oxygens (including phenoxy) is 2. The van der Waals surface area contributed by atoms with Crippen LogP contribution in [0.2, 0.25) is 0 Å². The summed E-state index contributed by atoms with van der Waals surface area (Å²) in [7, 11) is 3.30. The van der Waals surface area contributed by atoms with Gasteiger partial charge in [0.25, 0.3) is 5.91 Å². The summed E-state index contributed by atoms with van der Waals surface area (Å²) in [5.41, 5.74) is 2.46. The van der Waals surface area contributed by atoms with E-state index in [1.807, 2.05) is 13.0 Å². The number of methoxy groups -OCH3 is 2. The summed E-state index contributed by atoms with van der Waals surface area (Å²) < 4.78 is 15.9. The molecule has 2 heterocycles. The maximum absolute atomic E-state index is 11.9. The molecule has 0 saturated carbocycles. The number of hydrogen-bond donors (Lipinski definition) is 2. The predicted molar refractivity (Wildman–Crippen MR) is 111 cm³/mol. The Balaban J connectivity index is 1.63. The Morgan fingerprint density at radius 3 is 2.62 bits per heavy atom. The molecule has 1 aliphatic rings. The lowest BCUT2D eigenvalue weighted by atomic mass is 9.99. The molecule has 1 amide bonds. The number of amides is 1. The van der Waals surface area contributed by atoms with Gasteiger partial charge in [0, 0.05) is 26.2 Å². The second-order valence-corrected chi connectivity index (χ2v) is 6.62. The van der Waals surface area contributed by atoms with Gasteiger partial charge in [-0.2, -0.15) is 0 Å². The number of carbonyl (C=O) groups is 1. The molecule has 1 aromatic carbocycles. The van der Waals surface area contributed by atoms with Crippen LogP contribution in [-0.2, 0) is 13.0 Å². The summed E-state index contributed by atoms with van der Waals surface area (Å²) in [5, 5.41) is 6.15. The highest BCUT2D eigenvalue weighted by atomic mass is 16.5. The molecule has 156 valence electrons. The standard InChI is InChI=1S/C21H28N4O4/c1-4-22-21(24-9-8-23-20(26)17-6-5-11-29-17)25-10-7-15-12-18(27-2)19(28-3)13-16(15)14-25/h5-6,11-13H,4,7-10,14H2,1-3H3,(H,22,24)(H,23,26).